The lowest BCUT2D eigenvalue weighted by molar-refractivity contribution is -0.117. The van der Waals surface area contributed by atoms with Crippen molar-refractivity contribution < 1.29 is 4.79 Å². The first-order valence-corrected chi connectivity index (χ1v) is 7.77. The van der Waals surface area contributed by atoms with Crippen molar-refractivity contribution in [1.82, 2.24) is 15.5 Å². The van der Waals surface area contributed by atoms with Gasteiger partial charge in [-0.15, -0.1) is 0 Å². The predicted octanol–water partition coefficient (Wildman–Crippen LogP) is 2.70. The molecular formula is C17H22N4O. The van der Waals surface area contributed by atoms with Crippen LogP contribution in [0.4, 0.5) is 5.69 Å². The third-order valence-electron chi connectivity index (χ3n) is 4.31. The first-order valence-electron chi connectivity index (χ1n) is 7.77. The lowest BCUT2D eigenvalue weighted by Gasteiger charge is -2.18. The summed E-state index contributed by atoms with van der Waals surface area (Å²) in [6.07, 6.45) is 3.49. The number of aromatic amines is 1. The van der Waals surface area contributed by atoms with Crippen molar-refractivity contribution in [3.05, 3.63) is 47.3 Å². The molecule has 2 N–H and O–H groups in total. The summed E-state index contributed by atoms with van der Waals surface area (Å²) in [7, 11) is 0. The van der Waals surface area contributed by atoms with Crippen LogP contribution < -0.4 is 10.2 Å². The number of nitrogens with one attached hydrogen (secondary N) is 2. The number of rotatable bonds is 5. The molecular weight excluding hydrogens is 276 g/mol. The van der Waals surface area contributed by atoms with Crippen molar-refractivity contribution in [3.8, 4) is 0 Å². The second kappa shape index (κ2) is 6.32. The molecule has 3 rings (SSSR count). The van der Waals surface area contributed by atoms with Gasteiger partial charge >= 0.3 is 0 Å². The number of anilines is 1. The molecule has 0 aliphatic carbocycles. The SMILES string of the molecule is Cc1[nH]ncc1CNC(C)c1ccc(N2CCCC2=O)cc1. The van der Waals surface area contributed by atoms with Gasteiger partial charge in [-0.1, -0.05) is 12.1 Å². The molecule has 5 heteroatoms. The zero-order valence-electron chi connectivity index (χ0n) is 13.1. The van der Waals surface area contributed by atoms with Crippen LogP contribution in [0.25, 0.3) is 0 Å². The molecule has 2 aromatic rings. The number of carbonyl (C=O) groups excluding carboxylic acids is 1. The molecule has 0 bridgehead atoms. The number of aryl methyl sites for hydroxylation is 1. The Morgan fingerprint density at radius 3 is 2.73 bits per heavy atom. The van der Waals surface area contributed by atoms with Crippen molar-refractivity contribution in [2.75, 3.05) is 11.4 Å². The van der Waals surface area contributed by atoms with E-state index in [9.17, 15) is 4.79 Å². The van der Waals surface area contributed by atoms with E-state index in [1.54, 1.807) is 0 Å². The second-order valence-corrected chi connectivity index (χ2v) is 5.86. The van der Waals surface area contributed by atoms with Crippen LogP contribution in [0.1, 0.15) is 42.6 Å². The van der Waals surface area contributed by atoms with E-state index >= 15 is 0 Å². The molecule has 1 saturated heterocycles. The second-order valence-electron chi connectivity index (χ2n) is 5.86. The Morgan fingerprint density at radius 1 is 1.36 bits per heavy atom. The zero-order valence-corrected chi connectivity index (χ0v) is 13.1. The predicted molar refractivity (Wildman–Crippen MR) is 86.6 cm³/mol. The topological polar surface area (TPSA) is 61.0 Å². The Kier molecular flexibility index (Phi) is 4.24. The minimum absolute atomic E-state index is 0.231. The summed E-state index contributed by atoms with van der Waals surface area (Å²) in [4.78, 5) is 13.6. The van der Waals surface area contributed by atoms with Crippen LogP contribution in [-0.4, -0.2) is 22.6 Å². The number of aromatic nitrogens is 2. The molecule has 1 aliphatic rings. The fourth-order valence-corrected chi connectivity index (χ4v) is 2.80. The number of amides is 1. The molecule has 1 unspecified atom stereocenters. The van der Waals surface area contributed by atoms with Crippen LogP contribution in [0.2, 0.25) is 0 Å². The first-order chi connectivity index (χ1) is 10.6. The number of benzene rings is 1. The summed E-state index contributed by atoms with van der Waals surface area (Å²) in [5, 5.41) is 10.5. The lowest BCUT2D eigenvalue weighted by Crippen LogP contribution is -2.23. The van der Waals surface area contributed by atoms with Gasteiger partial charge in [-0.25, -0.2) is 0 Å². The monoisotopic (exact) mass is 298 g/mol. The largest absolute Gasteiger partial charge is 0.312 e. The van der Waals surface area contributed by atoms with Gasteiger partial charge in [0.2, 0.25) is 5.91 Å². The highest BCUT2D eigenvalue weighted by Crippen LogP contribution is 2.23. The van der Waals surface area contributed by atoms with Crippen LogP contribution >= 0.6 is 0 Å². The Balaban J connectivity index is 1.62. The molecule has 1 aliphatic heterocycles. The molecule has 22 heavy (non-hydrogen) atoms. The molecule has 1 atom stereocenters. The summed E-state index contributed by atoms with van der Waals surface area (Å²) >= 11 is 0. The Morgan fingerprint density at radius 2 is 2.14 bits per heavy atom. The van der Waals surface area contributed by atoms with E-state index in [1.807, 2.05) is 30.2 Å². The van der Waals surface area contributed by atoms with Crippen LogP contribution in [-0.2, 0) is 11.3 Å². The minimum atomic E-state index is 0.231. The fraction of sp³-hybridized carbons (Fsp3) is 0.412. The third-order valence-corrected chi connectivity index (χ3v) is 4.31. The number of carbonyl (C=O) groups is 1. The highest BCUT2D eigenvalue weighted by atomic mass is 16.2. The van der Waals surface area contributed by atoms with Crippen molar-refractivity contribution >= 4 is 11.6 Å². The van der Waals surface area contributed by atoms with Gasteiger partial charge in [-0.2, -0.15) is 5.10 Å². The highest BCUT2D eigenvalue weighted by Gasteiger charge is 2.21. The Hall–Kier alpha value is -2.14. The van der Waals surface area contributed by atoms with Gasteiger partial charge in [0.25, 0.3) is 0 Å². The summed E-state index contributed by atoms with van der Waals surface area (Å²) in [5.74, 6) is 0.231. The van der Waals surface area contributed by atoms with Gasteiger partial charge < -0.3 is 10.2 Å². The molecule has 5 nitrogen and oxygen atoms in total. The summed E-state index contributed by atoms with van der Waals surface area (Å²) in [5.41, 5.74) is 4.51. The lowest BCUT2D eigenvalue weighted by atomic mass is 10.1. The smallest absolute Gasteiger partial charge is 0.227 e. The van der Waals surface area contributed by atoms with Crippen LogP contribution in [0, 0.1) is 6.92 Å². The van der Waals surface area contributed by atoms with E-state index in [2.05, 4.69) is 34.6 Å². The molecule has 0 spiro atoms. The average molecular weight is 298 g/mol. The van der Waals surface area contributed by atoms with E-state index in [0.29, 0.717) is 6.42 Å². The van der Waals surface area contributed by atoms with E-state index < -0.39 is 0 Å². The maximum absolute atomic E-state index is 11.8. The van der Waals surface area contributed by atoms with E-state index in [1.165, 1.54) is 11.1 Å². The van der Waals surface area contributed by atoms with Gasteiger partial charge in [0.1, 0.15) is 0 Å². The highest BCUT2D eigenvalue weighted by molar-refractivity contribution is 5.95. The van der Waals surface area contributed by atoms with Gasteiger partial charge in [0.15, 0.2) is 0 Å². The first kappa shape index (κ1) is 14.8. The molecule has 116 valence electrons. The van der Waals surface area contributed by atoms with E-state index in [4.69, 9.17) is 0 Å². The third kappa shape index (κ3) is 3.04. The average Bonchev–Trinajstić information content (AvgIpc) is 3.13. The van der Waals surface area contributed by atoms with Gasteiger partial charge in [-0.3, -0.25) is 9.89 Å². The summed E-state index contributed by atoms with van der Waals surface area (Å²) < 4.78 is 0. The van der Waals surface area contributed by atoms with Gasteiger partial charge in [-0.05, 0) is 38.0 Å². The molecule has 1 aromatic carbocycles. The molecule has 1 fully saturated rings. The van der Waals surface area contributed by atoms with Crippen molar-refractivity contribution in [2.45, 2.75) is 39.3 Å². The quantitative estimate of drug-likeness (QED) is 0.892. The summed E-state index contributed by atoms with van der Waals surface area (Å²) in [6.45, 7) is 5.80. The van der Waals surface area contributed by atoms with Gasteiger partial charge in [0.05, 0.1) is 6.20 Å². The molecule has 2 heterocycles. The van der Waals surface area contributed by atoms with Crippen LogP contribution in [0.5, 0.6) is 0 Å². The molecule has 0 saturated carbocycles. The number of hydrogen-bond donors (Lipinski definition) is 2. The van der Waals surface area contributed by atoms with Crippen LogP contribution in [0.3, 0.4) is 0 Å². The number of nitrogens with zero attached hydrogens (tertiary/aromatic N) is 2. The van der Waals surface area contributed by atoms with E-state index in [0.717, 1.165) is 30.9 Å². The number of hydrogen-bond acceptors (Lipinski definition) is 3. The van der Waals surface area contributed by atoms with Gasteiger partial charge in [0, 0.05) is 42.5 Å². The Labute approximate surface area is 130 Å². The summed E-state index contributed by atoms with van der Waals surface area (Å²) in [6, 6.07) is 8.53. The molecule has 0 radical (unpaired) electrons. The van der Waals surface area contributed by atoms with Crippen molar-refractivity contribution in [2.24, 2.45) is 0 Å². The number of H-pyrrole nitrogens is 1. The normalized spacial score (nSPS) is 16.3. The van der Waals surface area contributed by atoms with Crippen molar-refractivity contribution in [3.63, 3.8) is 0 Å². The minimum Gasteiger partial charge on any atom is -0.312 e. The standard InChI is InChI=1S/C17H22N4O/c1-12(18-10-15-11-19-20-13(15)2)14-5-7-16(8-6-14)21-9-3-4-17(21)22/h5-8,11-12,18H,3-4,9-10H2,1-2H3,(H,19,20). The van der Waals surface area contributed by atoms with Crippen molar-refractivity contribution in [1.29, 1.82) is 0 Å². The maximum atomic E-state index is 11.8. The van der Waals surface area contributed by atoms with E-state index in [-0.39, 0.29) is 11.9 Å². The molecule has 1 aromatic heterocycles. The zero-order chi connectivity index (χ0) is 15.5. The fourth-order valence-electron chi connectivity index (χ4n) is 2.80. The Bertz CT molecular complexity index is 647. The maximum Gasteiger partial charge on any atom is 0.227 e. The molecule has 1 amide bonds. The van der Waals surface area contributed by atoms with Crippen LogP contribution in [0.15, 0.2) is 30.5 Å².